The van der Waals surface area contributed by atoms with Crippen LogP contribution in [0.1, 0.15) is 21.5 Å². The molecule has 0 atom stereocenters. The van der Waals surface area contributed by atoms with Gasteiger partial charge in [0.1, 0.15) is 11.5 Å². The number of hydrogen-bond acceptors (Lipinski definition) is 4. The van der Waals surface area contributed by atoms with Gasteiger partial charge in [0, 0.05) is 21.8 Å². The van der Waals surface area contributed by atoms with Crippen LogP contribution < -0.4 is 4.74 Å². The Morgan fingerprint density at radius 2 is 1.86 bits per heavy atom. The Labute approximate surface area is 172 Å². The molecule has 0 amide bonds. The molecular formula is C23H18BrNO3. The van der Waals surface area contributed by atoms with E-state index in [1.54, 1.807) is 67.9 Å². The number of nitrogens with zero attached hydrogens (tertiary/aromatic N) is 1. The van der Waals surface area contributed by atoms with Gasteiger partial charge in [-0.1, -0.05) is 46.3 Å². The topological polar surface area (TPSA) is 58.9 Å². The van der Waals surface area contributed by atoms with Crippen molar-refractivity contribution in [3.05, 3.63) is 94.0 Å². The van der Waals surface area contributed by atoms with E-state index in [-0.39, 0.29) is 11.5 Å². The number of carbonyl (C=O) groups excluding carboxylic acids is 1. The van der Waals surface area contributed by atoms with Crippen LogP contribution in [0.15, 0.2) is 82.3 Å². The number of halogens is 1. The minimum absolute atomic E-state index is 0.106. The van der Waals surface area contributed by atoms with Crippen molar-refractivity contribution < 1.29 is 14.6 Å². The van der Waals surface area contributed by atoms with Crippen LogP contribution in [0.25, 0.3) is 6.08 Å². The van der Waals surface area contributed by atoms with Gasteiger partial charge in [0.25, 0.3) is 0 Å². The Balaban J connectivity index is 1.76. The first-order valence-electron chi connectivity index (χ1n) is 8.54. The second-order valence-electron chi connectivity index (χ2n) is 5.98. The van der Waals surface area contributed by atoms with Gasteiger partial charge in [-0.3, -0.25) is 9.79 Å². The molecule has 28 heavy (non-hydrogen) atoms. The lowest BCUT2D eigenvalue weighted by atomic mass is 10.1. The van der Waals surface area contributed by atoms with Crippen LogP contribution in [0.5, 0.6) is 11.5 Å². The molecule has 0 spiro atoms. The van der Waals surface area contributed by atoms with Crippen LogP contribution in [0.4, 0.5) is 5.69 Å². The zero-order valence-corrected chi connectivity index (χ0v) is 16.8. The van der Waals surface area contributed by atoms with Gasteiger partial charge >= 0.3 is 0 Å². The molecule has 3 aromatic carbocycles. The number of methoxy groups -OCH3 is 1. The van der Waals surface area contributed by atoms with E-state index in [0.29, 0.717) is 22.6 Å². The molecule has 0 aliphatic rings. The largest absolute Gasteiger partial charge is 0.507 e. The summed E-state index contributed by atoms with van der Waals surface area (Å²) in [5.74, 6) is 0.625. The number of aromatic hydroxyl groups is 1. The summed E-state index contributed by atoms with van der Waals surface area (Å²) in [6.45, 7) is 0. The number of aliphatic imine (C=N–C) groups is 1. The lowest BCUT2D eigenvalue weighted by Gasteiger charge is -2.03. The number of carbonyl (C=O) groups is 1. The molecule has 140 valence electrons. The molecule has 0 bridgehead atoms. The third-order valence-corrected chi connectivity index (χ3v) is 4.54. The van der Waals surface area contributed by atoms with Gasteiger partial charge in [-0.2, -0.15) is 0 Å². The molecule has 0 saturated carbocycles. The highest BCUT2D eigenvalue weighted by molar-refractivity contribution is 9.10. The third-order valence-electron chi connectivity index (χ3n) is 4.02. The van der Waals surface area contributed by atoms with Crippen LogP contribution in [0.3, 0.4) is 0 Å². The maximum atomic E-state index is 12.4. The molecule has 0 heterocycles. The van der Waals surface area contributed by atoms with Gasteiger partial charge in [-0.15, -0.1) is 0 Å². The summed E-state index contributed by atoms with van der Waals surface area (Å²) in [4.78, 5) is 16.8. The maximum Gasteiger partial charge on any atom is 0.185 e. The predicted octanol–water partition coefficient (Wildman–Crippen LogP) is 5.81. The standard InChI is InChI=1S/C23H18BrNO3/c1-28-21-10-12-23(27)18(14-21)15-25-20-4-2-3-17(13-20)22(26)11-7-16-5-8-19(24)9-6-16/h2-15,27H,1H3. The highest BCUT2D eigenvalue weighted by Gasteiger charge is 2.04. The molecular weight excluding hydrogens is 418 g/mol. The smallest absolute Gasteiger partial charge is 0.185 e. The molecule has 3 rings (SSSR count). The van der Waals surface area contributed by atoms with Crippen LogP contribution in [0.2, 0.25) is 0 Å². The van der Waals surface area contributed by atoms with Crippen molar-refractivity contribution in [1.82, 2.24) is 0 Å². The average molecular weight is 436 g/mol. The Morgan fingerprint density at radius 3 is 2.61 bits per heavy atom. The number of ketones is 1. The second-order valence-corrected chi connectivity index (χ2v) is 6.90. The van der Waals surface area contributed by atoms with E-state index in [1.165, 1.54) is 0 Å². The van der Waals surface area contributed by atoms with Gasteiger partial charge in [0.2, 0.25) is 0 Å². The van der Waals surface area contributed by atoms with Crippen LogP contribution >= 0.6 is 15.9 Å². The molecule has 0 saturated heterocycles. The summed E-state index contributed by atoms with van der Waals surface area (Å²) in [7, 11) is 1.56. The number of benzene rings is 3. The molecule has 0 unspecified atom stereocenters. The van der Waals surface area contributed by atoms with Crippen LogP contribution in [-0.4, -0.2) is 24.2 Å². The summed E-state index contributed by atoms with van der Waals surface area (Å²) in [6.07, 6.45) is 4.86. The van der Waals surface area contributed by atoms with Crippen LogP contribution in [-0.2, 0) is 0 Å². The summed E-state index contributed by atoms with van der Waals surface area (Å²) < 4.78 is 6.14. The molecule has 3 aromatic rings. The third kappa shape index (κ3) is 5.18. The Hall–Kier alpha value is -3.18. The number of phenols is 1. The molecule has 0 aliphatic carbocycles. The number of ether oxygens (including phenoxy) is 1. The monoisotopic (exact) mass is 435 g/mol. The maximum absolute atomic E-state index is 12.4. The SMILES string of the molecule is COc1ccc(O)c(C=Nc2cccc(C(=O)C=Cc3ccc(Br)cc3)c2)c1. The Kier molecular flexibility index (Phi) is 6.40. The highest BCUT2D eigenvalue weighted by Crippen LogP contribution is 2.23. The number of rotatable bonds is 6. The van der Waals surface area contributed by atoms with E-state index < -0.39 is 0 Å². The summed E-state index contributed by atoms with van der Waals surface area (Å²) in [5.41, 5.74) is 2.63. The second kappa shape index (κ2) is 9.15. The fraction of sp³-hybridized carbons (Fsp3) is 0.0435. The lowest BCUT2D eigenvalue weighted by molar-refractivity contribution is 0.104. The van der Waals surface area contributed by atoms with E-state index in [1.807, 2.05) is 24.3 Å². The molecule has 0 aromatic heterocycles. The lowest BCUT2D eigenvalue weighted by Crippen LogP contribution is -1.93. The summed E-state index contributed by atoms with van der Waals surface area (Å²) >= 11 is 3.39. The quantitative estimate of drug-likeness (QED) is 0.301. The van der Waals surface area contributed by atoms with E-state index >= 15 is 0 Å². The minimum atomic E-state index is -0.107. The van der Waals surface area contributed by atoms with E-state index in [4.69, 9.17) is 4.74 Å². The summed E-state index contributed by atoms with van der Waals surface area (Å²) in [6, 6.07) is 19.6. The molecule has 0 radical (unpaired) electrons. The van der Waals surface area contributed by atoms with Crippen molar-refractivity contribution in [3.8, 4) is 11.5 Å². The van der Waals surface area contributed by atoms with Crippen molar-refractivity contribution in [2.75, 3.05) is 7.11 Å². The van der Waals surface area contributed by atoms with Crippen molar-refractivity contribution in [2.45, 2.75) is 0 Å². The van der Waals surface area contributed by atoms with Gasteiger partial charge < -0.3 is 9.84 Å². The number of hydrogen-bond donors (Lipinski definition) is 1. The fourth-order valence-electron chi connectivity index (χ4n) is 2.49. The van der Waals surface area contributed by atoms with Gasteiger partial charge in [0.05, 0.1) is 12.8 Å². The first kappa shape index (κ1) is 19.6. The zero-order chi connectivity index (χ0) is 19.9. The molecule has 4 nitrogen and oxygen atoms in total. The normalized spacial score (nSPS) is 11.2. The zero-order valence-electron chi connectivity index (χ0n) is 15.2. The first-order valence-corrected chi connectivity index (χ1v) is 9.33. The van der Waals surface area contributed by atoms with E-state index in [2.05, 4.69) is 20.9 Å². The van der Waals surface area contributed by atoms with Crippen molar-refractivity contribution >= 4 is 39.7 Å². The average Bonchev–Trinajstić information content (AvgIpc) is 2.72. The fourth-order valence-corrected chi connectivity index (χ4v) is 2.75. The van der Waals surface area contributed by atoms with Gasteiger partial charge in [0.15, 0.2) is 5.78 Å². The Bertz CT molecular complexity index is 1040. The van der Waals surface area contributed by atoms with Gasteiger partial charge in [-0.05, 0) is 54.1 Å². The van der Waals surface area contributed by atoms with Crippen molar-refractivity contribution in [2.24, 2.45) is 4.99 Å². The number of allylic oxidation sites excluding steroid dienone is 1. The predicted molar refractivity (Wildman–Crippen MR) is 116 cm³/mol. The summed E-state index contributed by atoms with van der Waals surface area (Å²) in [5, 5.41) is 9.93. The van der Waals surface area contributed by atoms with Crippen molar-refractivity contribution in [1.29, 1.82) is 0 Å². The highest BCUT2D eigenvalue weighted by atomic mass is 79.9. The minimum Gasteiger partial charge on any atom is -0.507 e. The Morgan fingerprint density at radius 1 is 1.07 bits per heavy atom. The molecule has 0 fully saturated rings. The molecule has 5 heteroatoms. The first-order chi connectivity index (χ1) is 13.5. The van der Waals surface area contributed by atoms with Crippen LogP contribution in [0, 0.1) is 0 Å². The van der Waals surface area contributed by atoms with Crippen molar-refractivity contribution in [3.63, 3.8) is 0 Å². The molecule has 1 N–H and O–H groups in total. The van der Waals surface area contributed by atoms with Gasteiger partial charge in [-0.25, -0.2) is 0 Å². The molecule has 0 aliphatic heterocycles. The van der Waals surface area contributed by atoms with E-state index in [9.17, 15) is 9.90 Å². The number of phenolic OH excluding ortho intramolecular Hbond substituents is 1. The van der Waals surface area contributed by atoms with E-state index in [0.717, 1.165) is 10.0 Å².